The Kier molecular flexibility index (Phi) is 3.78. The average molecular weight is 450 g/mol. The lowest BCUT2D eigenvalue weighted by molar-refractivity contribution is 0.101. The zero-order chi connectivity index (χ0) is 18.9. The SMILES string of the molecule is CC(=O)c1c(-c2c(CBr)n(C3(C)CC3)c3ncnc(Cl)c23)noc1C1CC1. The van der Waals surface area contributed by atoms with Gasteiger partial charge in [-0.1, -0.05) is 32.7 Å². The second-order valence-electron chi connectivity index (χ2n) is 7.75. The van der Waals surface area contributed by atoms with Crippen molar-refractivity contribution in [2.24, 2.45) is 0 Å². The van der Waals surface area contributed by atoms with Crippen LogP contribution in [0.5, 0.6) is 0 Å². The van der Waals surface area contributed by atoms with Gasteiger partial charge in [0.15, 0.2) is 11.5 Å². The Bertz CT molecular complexity index is 1100. The van der Waals surface area contributed by atoms with Crippen LogP contribution < -0.4 is 0 Å². The average Bonchev–Trinajstić information content (AvgIpc) is 3.53. The Morgan fingerprint density at radius 3 is 2.74 bits per heavy atom. The van der Waals surface area contributed by atoms with E-state index in [0.717, 1.165) is 48.0 Å². The molecule has 6 nitrogen and oxygen atoms in total. The van der Waals surface area contributed by atoms with Gasteiger partial charge in [0.05, 0.1) is 10.9 Å². The molecule has 0 amide bonds. The van der Waals surface area contributed by atoms with Crippen molar-refractivity contribution >= 4 is 44.3 Å². The van der Waals surface area contributed by atoms with Gasteiger partial charge in [-0.05, 0) is 39.5 Å². The van der Waals surface area contributed by atoms with Gasteiger partial charge < -0.3 is 9.09 Å². The molecule has 0 atom stereocenters. The van der Waals surface area contributed by atoms with Crippen LogP contribution in [0.2, 0.25) is 5.15 Å². The standard InChI is InChI=1S/C19H18BrClN4O2/c1-9(26)12-15(24-27-16(12)10-3-4-10)13-11(7-20)25(19(2)5-6-19)18-14(13)17(21)22-8-23-18/h8,10H,3-7H2,1-2H3. The fourth-order valence-corrected chi connectivity index (χ4v) is 4.68. The highest BCUT2D eigenvalue weighted by Gasteiger charge is 2.44. The fourth-order valence-electron chi connectivity index (χ4n) is 3.93. The molecule has 0 aromatic carbocycles. The molecule has 0 saturated heterocycles. The molecule has 27 heavy (non-hydrogen) atoms. The van der Waals surface area contributed by atoms with Crippen molar-refractivity contribution in [2.75, 3.05) is 0 Å². The summed E-state index contributed by atoms with van der Waals surface area (Å²) in [6, 6.07) is 0. The Morgan fingerprint density at radius 1 is 1.41 bits per heavy atom. The van der Waals surface area contributed by atoms with Gasteiger partial charge >= 0.3 is 0 Å². The molecule has 0 N–H and O–H groups in total. The first-order valence-electron chi connectivity index (χ1n) is 9.07. The summed E-state index contributed by atoms with van der Waals surface area (Å²) >= 11 is 10.1. The van der Waals surface area contributed by atoms with Crippen molar-refractivity contribution < 1.29 is 9.32 Å². The van der Waals surface area contributed by atoms with E-state index in [1.165, 1.54) is 6.33 Å². The zero-order valence-corrected chi connectivity index (χ0v) is 17.4. The quantitative estimate of drug-likeness (QED) is 0.303. The summed E-state index contributed by atoms with van der Waals surface area (Å²) in [6.45, 7) is 3.78. The molecule has 3 aromatic rings. The van der Waals surface area contributed by atoms with E-state index in [4.69, 9.17) is 16.1 Å². The van der Waals surface area contributed by atoms with Crippen LogP contribution in [0.25, 0.3) is 22.3 Å². The summed E-state index contributed by atoms with van der Waals surface area (Å²) in [7, 11) is 0. The van der Waals surface area contributed by atoms with Gasteiger partial charge in [0.1, 0.15) is 22.8 Å². The monoisotopic (exact) mass is 448 g/mol. The number of carbonyl (C=O) groups excluding carboxylic acids is 1. The van der Waals surface area contributed by atoms with Crippen molar-refractivity contribution in [1.82, 2.24) is 19.7 Å². The number of alkyl halides is 1. The number of rotatable bonds is 5. The van der Waals surface area contributed by atoms with Gasteiger partial charge in [0, 0.05) is 28.0 Å². The Labute approximate surface area is 169 Å². The second-order valence-corrected chi connectivity index (χ2v) is 8.67. The van der Waals surface area contributed by atoms with Crippen LogP contribution >= 0.6 is 27.5 Å². The van der Waals surface area contributed by atoms with Crippen LogP contribution in [0, 0.1) is 0 Å². The number of ketones is 1. The van der Waals surface area contributed by atoms with Gasteiger partial charge in [-0.25, -0.2) is 9.97 Å². The molecule has 3 heterocycles. The van der Waals surface area contributed by atoms with Crippen LogP contribution in [-0.2, 0) is 10.9 Å². The highest BCUT2D eigenvalue weighted by atomic mass is 79.9. The molecule has 0 spiro atoms. The molecule has 2 fully saturated rings. The van der Waals surface area contributed by atoms with Crippen molar-refractivity contribution in [3.05, 3.63) is 28.5 Å². The molecule has 2 aliphatic carbocycles. The minimum Gasteiger partial charge on any atom is -0.360 e. The Hall–Kier alpha value is -1.73. The summed E-state index contributed by atoms with van der Waals surface area (Å²) in [5, 5.41) is 6.03. The van der Waals surface area contributed by atoms with Crippen LogP contribution in [-0.4, -0.2) is 25.5 Å². The molecule has 2 aliphatic rings. The van der Waals surface area contributed by atoms with E-state index in [9.17, 15) is 4.79 Å². The lowest BCUT2D eigenvalue weighted by Crippen LogP contribution is -2.15. The van der Waals surface area contributed by atoms with Crippen molar-refractivity contribution in [2.45, 2.75) is 56.3 Å². The highest BCUT2D eigenvalue weighted by molar-refractivity contribution is 9.08. The number of fused-ring (bicyclic) bond motifs is 1. The lowest BCUT2D eigenvalue weighted by Gasteiger charge is -2.16. The second kappa shape index (κ2) is 5.88. The van der Waals surface area contributed by atoms with Gasteiger partial charge in [0.25, 0.3) is 0 Å². The van der Waals surface area contributed by atoms with Crippen LogP contribution in [0.4, 0.5) is 0 Å². The molecule has 5 rings (SSSR count). The molecule has 3 aromatic heterocycles. The molecule has 140 valence electrons. The predicted molar refractivity (Wildman–Crippen MR) is 106 cm³/mol. The molecule has 0 radical (unpaired) electrons. The maximum atomic E-state index is 12.5. The third-order valence-electron chi connectivity index (χ3n) is 5.70. The molecule has 0 unspecified atom stereocenters. The third kappa shape index (κ3) is 2.51. The first-order chi connectivity index (χ1) is 13.0. The highest BCUT2D eigenvalue weighted by Crippen LogP contribution is 2.51. The van der Waals surface area contributed by atoms with Gasteiger partial charge in [-0.2, -0.15) is 0 Å². The van der Waals surface area contributed by atoms with E-state index in [2.05, 4.69) is 42.5 Å². The first-order valence-corrected chi connectivity index (χ1v) is 10.6. The molecule has 0 aliphatic heterocycles. The van der Waals surface area contributed by atoms with Crippen LogP contribution in [0.15, 0.2) is 10.9 Å². The normalized spacial score (nSPS) is 18.2. The summed E-state index contributed by atoms with van der Waals surface area (Å²) in [4.78, 5) is 21.2. The summed E-state index contributed by atoms with van der Waals surface area (Å²) in [5.41, 5.74) is 3.72. The van der Waals surface area contributed by atoms with Gasteiger partial charge in [-0.15, -0.1) is 0 Å². The number of hydrogen-bond acceptors (Lipinski definition) is 5. The molecule has 8 heteroatoms. The van der Waals surface area contributed by atoms with E-state index in [1.807, 2.05) is 0 Å². The van der Waals surface area contributed by atoms with Crippen molar-refractivity contribution in [3.63, 3.8) is 0 Å². The fraction of sp³-hybridized carbons (Fsp3) is 0.474. The van der Waals surface area contributed by atoms with E-state index in [-0.39, 0.29) is 11.3 Å². The van der Waals surface area contributed by atoms with E-state index < -0.39 is 0 Å². The van der Waals surface area contributed by atoms with Gasteiger partial charge in [-0.3, -0.25) is 4.79 Å². The van der Waals surface area contributed by atoms with Crippen molar-refractivity contribution in [3.8, 4) is 11.3 Å². The summed E-state index contributed by atoms with van der Waals surface area (Å²) < 4.78 is 7.89. The molecule has 2 saturated carbocycles. The minimum atomic E-state index is -0.0415. The number of carbonyl (C=O) groups is 1. The largest absolute Gasteiger partial charge is 0.360 e. The van der Waals surface area contributed by atoms with Gasteiger partial charge in [0.2, 0.25) is 0 Å². The molecular weight excluding hydrogens is 432 g/mol. The van der Waals surface area contributed by atoms with Crippen LogP contribution in [0.1, 0.15) is 67.3 Å². The Morgan fingerprint density at radius 2 is 2.15 bits per heavy atom. The smallest absolute Gasteiger partial charge is 0.165 e. The maximum Gasteiger partial charge on any atom is 0.165 e. The number of halogens is 2. The minimum absolute atomic E-state index is 0.00324. The first kappa shape index (κ1) is 17.4. The molecular formula is C19H18BrClN4O2. The topological polar surface area (TPSA) is 73.8 Å². The van der Waals surface area contributed by atoms with Crippen LogP contribution in [0.3, 0.4) is 0 Å². The predicted octanol–water partition coefficient (Wildman–Crippen LogP) is 5.22. The summed E-state index contributed by atoms with van der Waals surface area (Å²) in [6.07, 6.45) is 5.69. The van der Waals surface area contributed by atoms with E-state index in [0.29, 0.717) is 33.4 Å². The Balaban J connectivity index is 1.88. The lowest BCUT2D eigenvalue weighted by atomic mass is 10.00. The van der Waals surface area contributed by atoms with E-state index >= 15 is 0 Å². The maximum absolute atomic E-state index is 12.5. The number of nitrogens with zero attached hydrogens (tertiary/aromatic N) is 4. The van der Waals surface area contributed by atoms with Crippen molar-refractivity contribution in [1.29, 1.82) is 0 Å². The third-order valence-corrected chi connectivity index (χ3v) is 6.51. The number of hydrogen-bond donors (Lipinski definition) is 0. The summed E-state index contributed by atoms with van der Waals surface area (Å²) in [5.74, 6) is 0.947. The molecule has 0 bridgehead atoms. The number of aromatic nitrogens is 4. The number of Topliss-reactive ketones (excluding diaryl/α,β-unsaturated/α-hetero) is 1. The zero-order valence-electron chi connectivity index (χ0n) is 15.1. The van der Waals surface area contributed by atoms with E-state index in [1.54, 1.807) is 6.92 Å².